The molecule has 3 aromatic rings. The Morgan fingerprint density at radius 1 is 0.969 bits per heavy atom. The molecule has 5 rings (SSSR count). The molecule has 0 unspecified atom stereocenters. The lowest BCUT2D eigenvalue weighted by Crippen LogP contribution is -2.45. The van der Waals surface area contributed by atoms with Crippen LogP contribution < -0.4 is 15.2 Å². The molecule has 0 amide bonds. The lowest BCUT2D eigenvalue weighted by molar-refractivity contribution is 0.119. The molecule has 7 nitrogen and oxygen atoms in total. The van der Waals surface area contributed by atoms with Crippen LogP contribution in [0.3, 0.4) is 0 Å². The summed E-state index contributed by atoms with van der Waals surface area (Å²) in [6.07, 6.45) is 4.78. The van der Waals surface area contributed by atoms with Gasteiger partial charge in [0.05, 0.1) is 26.2 Å². The van der Waals surface area contributed by atoms with Gasteiger partial charge < -0.3 is 15.2 Å². The van der Waals surface area contributed by atoms with Crippen LogP contribution >= 0.6 is 11.3 Å². The first-order valence-corrected chi connectivity index (χ1v) is 12.2. The SMILES string of the molecule is COc1ccc(OC)c(CN2CCN(Cc3nc(N)c4c5c(sc4n3)CCCC5)CC2)c1. The summed E-state index contributed by atoms with van der Waals surface area (Å²) in [4.78, 5) is 17.0. The minimum atomic E-state index is 0.660. The number of aryl methyl sites for hydroxylation is 2. The molecule has 0 saturated carbocycles. The van der Waals surface area contributed by atoms with Crippen molar-refractivity contribution in [2.24, 2.45) is 0 Å². The van der Waals surface area contributed by atoms with E-state index in [1.807, 2.05) is 23.5 Å². The number of rotatable bonds is 6. The highest BCUT2D eigenvalue weighted by Crippen LogP contribution is 2.37. The van der Waals surface area contributed by atoms with E-state index in [1.54, 1.807) is 14.2 Å². The molecule has 1 saturated heterocycles. The second kappa shape index (κ2) is 9.21. The first kappa shape index (κ1) is 21.4. The number of nitrogens with two attached hydrogens (primary N) is 1. The van der Waals surface area contributed by atoms with Gasteiger partial charge in [0.2, 0.25) is 0 Å². The number of ether oxygens (including phenoxy) is 2. The van der Waals surface area contributed by atoms with Crippen molar-refractivity contribution in [3.8, 4) is 11.5 Å². The maximum Gasteiger partial charge on any atom is 0.146 e. The van der Waals surface area contributed by atoms with Gasteiger partial charge in [-0.15, -0.1) is 11.3 Å². The molecule has 0 atom stereocenters. The number of hydrogen-bond donors (Lipinski definition) is 1. The molecule has 170 valence electrons. The number of fused-ring (bicyclic) bond motifs is 3. The van der Waals surface area contributed by atoms with Crippen LogP contribution in [0.1, 0.15) is 34.7 Å². The van der Waals surface area contributed by atoms with E-state index >= 15 is 0 Å². The molecule has 1 fully saturated rings. The molecule has 0 radical (unpaired) electrons. The van der Waals surface area contributed by atoms with E-state index in [0.29, 0.717) is 5.82 Å². The normalized spacial score (nSPS) is 17.4. The summed E-state index contributed by atoms with van der Waals surface area (Å²) >= 11 is 1.82. The standard InChI is InChI=1S/C24H31N5O2S/c1-30-17-7-8-19(31-2)16(13-17)14-28-9-11-29(12-10-28)15-21-26-23(25)22-18-5-3-4-6-20(18)32-24(22)27-21/h7-8,13H,3-6,9-12,14-15H2,1-2H3,(H2,25,26,27). The van der Waals surface area contributed by atoms with Gasteiger partial charge in [0.15, 0.2) is 0 Å². The van der Waals surface area contributed by atoms with Gasteiger partial charge in [-0.1, -0.05) is 0 Å². The second-order valence-electron chi connectivity index (χ2n) is 8.65. The number of nitrogens with zero attached hydrogens (tertiary/aromatic N) is 4. The van der Waals surface area contributed by atoms with E-state index in [0.717, 1.165) is 85.2 Å². The average molecular weight is 454 g/mol. The number of benzene rings is 1. The summed E-state index contributed by atoms with van der Waals surface area (Å²) < 4.78 is 10.9. The summed E-state index contributed by atoms with van der Waals surface area (Å²) in [7, 11) is 3.41. The molecule has 2 aromatic heterocycles. The average Bonchev–Trinajstić information content (AvgIpc) is 3.19. The number of thiophene rings is 1. The van der Waals surface area contributed by atoms with Crippen molar-refractivity contribution in [3.05, 3.63) is 40.0 Å². The van der Waals surface area contributed by atoms with E-state index < -0.39 is 0 Å². The van der Waals surface area contributed by atoms with Crippen molar-refractivity contribution in [1.82, 2.24) is 19.8 Å². The van der Waals surface area contributed by atoms with E-state index in [1.165, 1.54) is 23.3 Å². The highest BCUT2D eigenvalue weighted by molar-refractivity contribution is 7.19. The fraction of sp³-hybridized carbons (Fsp3) is 0.500. The molecule has 1 aliphatic heterocycles. The van der Waals surface area contributed by atoms with Crippen LogP contribution in [0.4, 0.5) is 5.82 Å². The summed E-state index contributed by atoms with van der Waals surface area (Å²) in [5.41, 5.74) is 8.96. The number of hydrogen-bond acceptors (Lipinski definition) is 8. The molecule has 0 bridgehead atoms. The number of methoxy groups -OCH3 is 2. The van der Waals surface area contributed by atoms with Crippen LogP contribution in [-0.2, 0) is 25.9 Å². The smallest absolute Gasteiger partial charge is 0.146 e. The quantitative estimate of drug-likeness (QED) is 0.612. The van der Waals surface area contributed by atoms with Gasteiger partial charge in [0, 0.05) is 43.2 Å². The predicted octanol–water partition coefficient (Wildman–Crippen LogP) is 3.49. The lowest BCUT2D eigenvalue weighted by Gasteiger charge is -2.34. The first-order valence-electron chi connectivity index (χ1n) is 11.4. The lowest BCUT2D eigenvalue weighted by atomic mass is 9.97. The maximum absolute atomic E-state index is 6.40. The molecule has 1 aliphatic carbocycles. The predicted molar refractivity (Wildman–Crippen MR) is 129 cm³/mol. The Hall–Kier alpha value is -2.42. The Labute approximate surface area is 193 Å². The zero-order valence-electron chi connectivity index (χ0n) is 18.9. The Kier molecular flexibility index (Phi) is 6.17. The van der Waals surface area contributed by atoms with Crippen molar-refractivity contribution < 1.29 is 9.47 Å². The van der Waals surface area contributed by atoms with Gasteiger partial charge in [-0.2, -0.15) is 0 Å². The largest absolute Gasteiger partial charge is 0.497 e. The van der Waals surface area contributed by atoms with Crippen LogP contribution in [0.15, 0.2) is 18.2 Å². The van der Waals surface area contributed by atoms with Crippen molar-refractivity contribution in [3.63, 3.8) is 0 Å². The first-order chi connectivity index (χ1) is 15.6. The second-order valence-corrected chi connectivity index (χ2v) is 9.73. The Morgan fingerprint density at radius 2 is 1.72 bits per heavy atom. The molecule has 2 N–H and O–H groups in total. The van der Waals surface area contributed by atoms with Gasteiger partial charge >= 0.3 is 0 Å². The fourth-order valence-corrected chi connectivity index (χ4v) is 6.14. The van der Waals surface area contributed by atoms with Gasteiger partial charge in [0.1, 0.15) is 28.0 Å². The Morgan fingerprint density at radius 3 is 2.47 bits per heavy atom. The van der Waals surface area contributed by atoms with Crippen molar-refractivity contribution >= 4 is 27.4 Å². The van der Waals surface area contributed by atoms with Crippen LogP contribution in [-0.4, -0.2) is 60.2 Å². The maximum atomic E-state index is 6.40. The number of nitrogen functional groups attached to an aromatic ring is 1. The summed E-state index contributed by atoms with van der Waals surface area (Å²) in [5.74, 6) is 3.27. The van der Waals surface area contributed by atoms with Crippen LogP contribution in [0.5, 0.6) is 11.5 Å². The summed E-state index contributed by atoms with van der Waals surface area (Å²) in [6, 6.07) is 5.98. The van der Waals surface area contributed by atoms with Crippen LogP contribution in [0.25, 0.3) is 10.2 Å². The molecular weight excluding hydrogens is 422 g/mol. The number of anilines is 1. The van der Waals surface area contributed by atoms with E-state index in [4.69, 9.17) is 25.2 Å². The molecule has 2 aliphatic rings. The van der Waals surface area contributed by atoms with E-state index in [-0.39, 0.29) is 0 Å². The molecule has 3 heterocycles. The topological polar surface area (TPSA) is 76.7 Å². The van der Waals surface area contributed by atoms with Crippen molar-refractivity contribution in [2.75, 3.05) is 46.1 Å². The van der Waals surface area contributed by atoms with Gasteiger partial charge in [0.25, 0.3) is 0 Å². The van der Waals surface area contributed by atoms with Gasteiger partial charge in [-0.3, -0.25) is 9.80 Å². The van der Waals surface area contributed by atoms with Crippen LogP contribution in [0, 0.1) is 0 Å². The molecular formula is C24H31N5O2S. The van der Waals surface area contributed by atoms with Crippen molar-refractivity contribution in [2.45, 2.75) is 38.8 Å². The van der Waals surface area contributed by atoms with Crippen molar-refractivity contribution in [1.29, 1.82) is 0 Å². The van der Waals surface area contributed by atoms with E-state index in [9.17, 15) is 0 Å². The molecule has 32 heavy (non-hydrogen) atoms. The third-order valence-electron chi connectivity index (χ3n) is 6.60. The Balaban J connectivity index is 1.23. The minimum absolute atomic E-state index is 0.660. The van der Waals surface area contributed by atoms with E-state index in [2.05, 4.69) is 15.9 Å². The third-order valence-corrected chi connectivity index (χ3v) is 7.79. The highest BCUT2D eigenvalue weighted by atomic mass is 32.1. The molecule has 1 aromatic carbocycles. The molecule has 8 heteroatoms. The molecule has 0 spiro atoms. The zero-order valence-corrected chi connectivity index (χ0v) is 19.7. The number of piperazine rings is 1. The zero-order chi connectivity index (χ0) is 22.1. The monoisotopic (exact) mass is 453 g/mol. The highest BCUT2D eigenvalue weighted by Gasteiger charge is 2.22. The summed E-state index contributed by atoms with van der Waals surface area (Å²) in [6.45, 7) is 5.54. The van der Waals surface area contributed by atoms with Gasteiger partial charge in [-0.25, -0.2) is 9.97 Å². The van der Waals surface area contributed by atoms with Gasteiger partial charge in [-0.05, 0) is 49.4 Å². The minimum Gasteiger partial charge on any atom is -0.497 e. The Bertz CT molecular complexity index is 1110. The fourth-order valence-electron chi connectivity index (χ4n) is 4.85. The summed E-state index contributed by atoms with van der Waals surface area (Å²) in [5, 5.41) is 1.12. The van der Waals surface area contributed by atoms with Crippen LogP contribution in [0.2, 0.25) is 0 Å². The number of aromatic nitrogens is 2. The third kappa shape index (κ3) is 4.27.